The van der Waals surface area contributed by atoms with Crippen LogP contribution in [0.3, 0.4) is 0 Å². The topological polar surface area (TPSA) is 35.9 Å². The Kier molecular flexibility index (Phi) is 9.53. The molecular weight excluding hydrogens is 1080 g/mol. The standard InChI is InChI=1S/C84H64N4O/c1-80(2,3)55-43-44-85-77(48-55)88-74-38-20-15-31-64(74)65-41-40-58(50-75(65)88)89-57-26-21-25-56(49-57)86-51-87-78-59(52-23-9-8-10-24-52)32-22-33-66(78)62-29-13-11-27-60(62)61-28-12-14-30-63(61)67-45-54(47-76(86)79(67)87)53-39-42-72-73(46-53)83(6)71-37-19-18-36-70(71)81(4)68-34-16-17-35-69(68)82(72,5)84(81,83)7/h8-50H,1-7H3/i8D,9D,10D,23D,24D. The minimum atomic E-state index is -0.448. The second-order valence-corrected chi connectivity index (χ2v) is 26.6. The third-order valence-electron chi connectivity index (χ3n) is 21.7. The molecule has 0 radical (unpaired) electrons. The highest BCUT2D eigenvalue weighted by atomic mass is 16.5. The van der Waals surface area contributed by atoms with Gasteiger partial charge < -0.3 is 4.74 Å². The van der Waals surface area contributed by atoms with Crippen LogP contribution in [-0.2, 0) is 21.7 Å². The van der Waals surface area contributed by atoms with Crippen LogP contribution in [0.4, 0.5) is 0 Å². The van der Waals surface area contributed by atoms with Gasteiger partial charge in [-0.2, -0.15) is 0 Å². The van der Waals surface area contributed by atoms with Crippen molar-refractivity contribution >= 4 is 32.8 Å². The third-order valence-corrected chi connectivity index (χ3v) is 21.7. The van der Waals surface area contributed by atoms with Crippen molar-refractivity contribution in [2.45, 2.75) is 70.1 Å². The Hall–Kier alpha value is -10.4. The van der Waals surface area contributed by atoms with E-state index in [4.69, 9.17) is 13.8 Å². The van der Waals surface area contributed by atoms with Crippen LogP contribution >= 0.6 is 0 Å². The number of nitrogens with zero attached hydrogens (tertiary/aromatic N) is 4. The number of fused-ring (bicyclic) bond motifs is 19. The quantitative estimate of drug-likeness (QED) is 0.123. The van der Waals surface area contributed by atoms with Crippen LogP contribution in [0.15, 0.2) is 261 Å². The van der Waals surface area contributed by atoms with E-state index >= 15 is 0 Å². The van der Waals surface area contributed by atoms with E-state index in [1.54, 1.807) is 0 Å². The first-order valence-corrected chi connectivity index (χ1v) is 30.9. The maximum Gasteiger partial charge on any atom is 0.269 e. The molecule has 426 valence electrons. The molecule has 1 aliphatic heterocycles. The van der Waals surface area contributed by atoms with Gasteiger partial charge in [0.1, 0.15) is 17.3 Å². The average molecular weight is 1150 g/mol. The molecule has 0 bridgehead atoms. The summed E-state index contributed by atoms with van der Waals surface area (Å²) in [5, 5.41) is 2.21. The van der Waals surface area contributed by atoms with Crippen LogP contribution in [0, 0.1) is 11.7 Å². The van der Waals surface area contributed by atoms with Crippen molar-refractivity contribution in [1.29, 1.82) is 0 Å². The maximum absolute atomic E-state index is 9.54. The number of aromatic nitrogens is 4. The lowest BCUT2D eigenvalue weighted by Crippen LogP contribution is -2.51. The molecule has 18 rings (SSSR count). The number of benzene rings is 11. The maximum atomic E-state index is 9.54. The molecule has 11 aromatic carbocycles. The molecule has 0 amide bonds. The van der Waals surface area contributed by atoms with Gasteiger partial charge in [-0.1, -0.05) is 236 Å². The second-order valence-electron chi connectivity index (χ2n) is 26.6. The molecule has 4 atom stereocenters. The fourth-order valence-corrected chi connectivity index (χ4v) is 17.4. The molecule has 89 heavy (non-hydrogen) atoms. The lowest BCUT2D eigenvalue weighted by atomic mass is 9.52. The fraction of sp³-hybridized carbons (Fsp3) is 0.143. The van der Waals surface area contributed by atoms with Crippen molar-refractivity contribution in [2.75, 3.05) is 0 Å². The zero-order valence-electron chi connectivity index (χ0n) is 55.6. The second kappa shape index (κ2) is 18.1. The molecule has 0 spiro atoms. The average Bonchev–Trinajstić information content (AvgIpc) is 1.44. The van der Waals surface area contributed by atoms with Gasteiger partial charge in [0, 0.05) is 44.7 Å². The van der Waals surface area contributed by atoms with E-state index in [-0.39, 0.29) is 44.7 Å². The zero-order valence-corrected chi connectivity index (χ0v) is 50.6. The monoisotopic (exact) mass is 1150 g/mol. The molecule has 5 nitrogen and oxygen atoms in total. The minimum Gasteiger partial charge on any atom is -0.458 e. The lowest BCUT2D eigenvalue weighted by molar-refractivity contribution is -0.570. The molecule has 0 saturated heterocycles. The number of pyridine rings is 1. The number of ether oxygens (including phenoxy) is 1. The first-order chi connectivity index (χ1) is 45.4. The molecular formula is C84H64N4O. The van der Waals surface area contributed by atoms with Gasteiger partial charge in [0.15, 0.2) is 0 Å². The predicted molar refractivity (Wildman–Crippen MR) is 362 cm³/mol. The molecule has 0 fully saturated rings. The summed E-state index contributed by atoms with van der Waals surface area (Å²) in [7, 11) is 0. The molecule has 0 saturated carbocycles. The lowest BCUT2D eigenvalue weighted by Gasteiger charge is -2.49. The smallest absolute Gasteiger partial charge is 0.269 e. The fourth-order valence-electron chi connectivity index (χ4n) is 17.4. The van der Waals surface area contributed by atoms with Gasteiger partial charge in [0.05, 0.1) is 40.3 Å². The molecule has 4 aliphatic rings. The highest BCUT2D eigenvalue weighted by Crippen LogP contribution is 2.82. The van der Waals surface area contributed by atoms with E-state index in [9.17, 15) is 2.74 Å². The SMILES string of the molecule is [2H]c1c([2H])c([2H])c(-c2cccc3c2-[n+]2[c-]n(-c4cccc(Oc5ccc6c7ccccc7n(-c7cc(C(C)(C)C)ccn7)c6c5)c4)c4cc(-c5ccc6c(c5)C5(C)c7ccccc7C7(C)c8ccccc8C6(C)C75C)cc(c42)-c2ccccc2-c2ccccc2-3)c([2H])c1[2H]. The van der Waals surface area contributed by atoms with E-state index in [2.05, 4.69) is 257 Å². The molecule has 0 N–H and O–H groups in total. The Bertz CT molecular complexity index is 5660. The van der Waals surface area contributed by atoms with Gasteiger partial charge in [-0.15, -0.1) is 0 Å². The Morgan fingerprint density at radius 3 is 1.72 bits per heavy atom. The highest BCUT2D eigenvalue weighted by molar-refractivity contribution is 6.10. The summed E-state index contributed by atoms with van der Waals surface area (Å²) in [6.45, 7) is 16.7. The molecule has 4 heterocycles. The summed E-state index contributed by atoms with van der Waals surface area (Å²) in [5.41, 5.74) is 21.6. The van der Waals surface area contributed by atoms with E-state index in [1.165, 1.54) is 38.9 Å². The molecule has 5 heteroatoms. The van der Waals surface area contributed by atoms with Gasteiger partial charge >= 0.3 is 0 Å². The van der Waals surface area contributed by atoms with E-state index in [0.717, 1.165) is 88.9 Å². The summed E-state index contributed by atoms with van der Waals surface area (Å²) in [6, 6.07) is 78.5. The number of hydrogen-bond acceptors (Lipinski definition) is 2. The van der Waals surface area contributed by atoms with Gasteiger partial charge in [-0.05, 0) is 161 Å². The van der Waals surface area contributed by atoms with Crippen LogP contribution in [0.25, 0.3) is 106 Å². The van der Waals surface area contributed by atoms with Crippen LogP contribution in [0.2, 0.25) is 0 Å². The van der Waals surface area contributed by atoms with Crippen LogP contribution in [0.5, 0.6) is 11.5 Å². The summed E-state index contributed by atoms with van der Waals surface area (Å²) in [4.78, 5) is 4.95. The Balaban J connectivity index is 0.897. The molecule has 14 aromatic rings. The van der Waals surface area contributed by atoms with Crippen LogP contribution in [0.1, 0.15) is 94.3 Å². The highest BCUT2D eigenvalue weighted by Gasteiger charge is 2.79. The predicted octanol–water partition coefficient (Wildman–Crippen LogP) is 20.2. The first kappa shape index (κ1) is 46.8. The van der Waals surface area contributed by atoms with E-state index < -0.39 is 18.1 Å². The summed E-state index contributed by atoms with van der Waals surface area (Å²) in [6.07, 6.45) is 5.85. The number of rotatable bonds is 6. The first-order valence-electron chi connectivity index (χ1n) is 33.4. The Morgan fingerprint density at radius 1 is 0.449 bits per heavy atom. The summed E-state index contributed by atoms with van der Waals surface area (Å²) >= 11 is 0. The minimum absolute atomic E-state index is 0.0847. The van der Waals surface area contributed by atoms with E-state index in [0.29, 0.717) is 22.7 Å². The van der Waals surface area contributed by atoms with Crippen molar-refractivity contribution in [3.63, 3.8) is 0 Å². The van der Waals surface area contributed by atoms with Crippen molar-refractivity contribution in [3.05, 3.63) is 306 Å². The third kappa shape index (κ3) is 6.69. The zero-order chi connectivity index (χ0) is 64.3. The largest absolute Gasteiger partial charge is 0.458 e. The Morgan fingerprint density at radius 2 is 1.02 bits per heavy atom. The van der Waals surface area contributed by atoms with Crippen LogP contribution < -0.4 is 9.30 Å². The summed E-state index contributed by atoms with van der Waals surface area (Å²) in [5.74, 6) is 2.10. The van der Waals surface area contributed by atoms with Crippen molar-refractivity contribution < 1.29 is 16.2 Å². The normalized spacial score (nSPS) is 20.6. The number of hydrogen-bond donors (Lipinski definition) is 0. The van der Waals surface area contributed by atoms with Crippen molar-refractivity contribution in [2.24, 2.45) is 5.41 Å². The molecule has 3 aliphatic carbocycles. The van der Waals surface area contributed by atoms with Crippen molar-refractivity contribution in [1.82, 2.24) is 14.1 Å². The Labute approximate surface area is 526 Å². The number of imidazole rings is 1. The molecule has 3 aromatic heterocycles. The van der Waals surface area contributed by atoms with Gasteiger partial charge in [0.25, 0.3) is 6.33 Å². The number of para-hydroxylation sites is 2. The van der Waals surface area contributed by atoms with Gasteiger partial charge in [0.2, 0.25) is 0 Å². The van der Waals surface area contributed by atoms with Crippen molar-refractivity contribution in [3.8, 4) is 84.3 Å². The van der Waals surface area contributed by atoms with Gasteiger partial charge in [-0.3, -0.25) is 13.7 Å². The van der Waals surface area contributed by atoms with Gasteiger partial charge in [-0.25, -0.2) is 4.98 Å². The molecule has 4 unspecified atom stereocenters. The van der Waals surface area contributed by atoms with Crippen LogP contribution in [-0.4, -0.2) is 14.1 Å². The van der Waals surface area contributed by atoms with E-state index in [1.807, 2.05) is 42.6 Å². The summed E-state index contributed by atoms with van der Waals surface area (Å²) < 4.78 is 59.3.